The molecule has 8 heteroatoms. The van der Waals surface area contributed by atoms with Gasteiger partial charge in [0.15, 0.2) is 0 Å². The summed E-state index contributed by atoms with van der Waals surface area (Å²) in [5, 5.41) is 0. The zero-order valence-corrected chi connectivity index (χ0v) is 25.6. The van der Waals surface area contributed by atoms with E-state index in [1.54, 1.807) is 72.8 Å². The monoisotopic (exact) mass is 698 g/mol. The Morgan fingerprint density at radius 1 is 0.421 bits per heavy atom. The van der Waals surface area contributed by atoms with E-state index in [9.17, 15) is 28.8 Å². The standard InChI is InChI=1S/3C10H9O2.ClH.Hf/c3*1-8(11)7-10(12)9-5-3-2-4-6-9;;/h3*2-7H,1H3;1H;/q3*-1;;+4/p-1. The van der Waals surface area contributed by atoms with Gasteiger partial charge in [-0.2, -0.15) is 0 Å². The molecule has 0 spiro atoms. The molecule has 3 aromatic carbocycles. The number of carbonyl (C=O) groups is 6. The first-order valence-corrected chi connectivity index (χ1v) is 10.9. The molecule has 0 fully saturated rings. The van der Waals surface area contributed by atoms with Crippen LogP contribution in [0.15, 0.2) is 91.0 Å². The van der Waals surface area contributed by atoms with E-state index >= 15 is 0 Å². The number of halogens is 1. The molecular formula is C30H27ClHfO6. The molecule has 0 heterocycles. The largest absolute Gasteiger partial charge is 4.00 e. The molecule has 0 atom stereocenters. The number of hydrogen-bond acceptors (Lipinski definition) is 6. The van der Waals surface area contributed by atoms with E-state index in [-0.39, 0.29) is 72.9 Å². The zero-order chi connectivity index (χ0) is 26.9. The van der Waals surface area contributed by atoms with Crippen molar-refractivity contribution in [1.29, 1.82) is 0 Å². The van der Waals surface area contributed by atoms with Crippen LogP contribution in [0.4, 0.5) is 0 Å². The summed E-state index contributed by atoms with van der Waals surface area (Å²) in [7, 11) is 0. The van der Waals surface area contributed by atoms with Gasteiger partial charge in [-0.3, -0.25) is 0 Å². The van der Waals surface area contributed by atoms with Crippen molar-refractivity contribution in [2.75, 3.05) is 0 Å². The van der Waals surface area contributed by atoms with Crippen LogP contribution in [0.1, 0.15) is 51.8 Å². The Balaban J connectivity index is 0. The van der Waals surface area contributed by atoms with E-state index in [1.165, 1.54) is 20.8 Å². The Morgan fingerprint density at radius 2 is 0.605 bits per heavy atom. The first kappa shape index (κ1) is 36.6. The summed E-state index contributed by atoms with van der Waals surface area (Å²) in [6.07, 6.45) is 3.28. The third-order valence-electron chi connectivity index (χ3n) is 4.18. The van der Waals surface area contributed by atoms with Crippen LogP contribution in [0.3, 0.4) is 0 Å². The van der Waals surface area contributed by atoms with Crippen LogP contribution in [0.25, 0.3) is 0 Å². The van der Waals surface area contributed by atoms with Gasteiger partial charge in [0, 0.05) is 17.3 Å². The molecule has 3 aromatic rings. The van der Waals surface area contributed by atoms with Crippen LogP contribution in [-0.2, 0) is 40.2 Å². The van der Waals surface area contributed by atoms with Crippen molar-refractivity contribution >= 4 is 34.7 Å². The van der Waals surface area contributed by atoms with Crippen molar-refractivity contribution < 1.29 is 67.0 Å². The Bertz CT molecular complexity index is 1030. The second-order valence-corrected chi connectivity index (χ2v) is 7.46. The molecule has 0 N–H and O–H groups in total. The Kier molecular flexibility index (Phi) is 19.7. The molecule has 0 radical (unpaired) electrons. The maximum atomic E-state index is 11.2. The van der Waals surface area contributed by atoms with Gasteiger partial charge in [0.1, 0.15) is 0 Å². The summed E-state index contributed by atoms with van der Waals surface area (Å²) in [6.45, 7) is 4.09. The van der Waals surface area contributed by atoms with E-state index in [0.29, 0.717) is 16.7 Å². The van der Waals surface area contributed by atoms with Gasteiger partial charge in [-0.05, 0) is 20.8 Å². The average molecular weight is 697 g/mol. The molecular weight excluding hydrogens is 670 g/mol. The molecule has 0 aliphatic rings. The fourth-order valence-corrected chi connectivity index (χ4v) is 2.61. The third-order valence-corrected chi connectivity index (χ3v) is 4.18. The summed E-state index contributed by atoms with van der Waals surface area (Å²) in [4.78, 5) is 65.2. The van der Waals surface area contributed by atoms with Gasteiger partial charge in [-0.1, -0.05) is 54.6 Å². The molecule has 3 rings (SSSR count). The fraction of sp³-hybridized carbons (Fsp3) is 0.100. The van der Waals surface area contributed by atoms with Crippen LogP contribution in [-0.4, -0.2) is 34.7 Å². The van der Waals surface area contributed by atoms with Gasteiger partial charge in [0.25, 0.3) is 0 Å². The van der Waals surface area contributed by atoms with Gasteiger partial charge in [0.05, 0.1) is 17.3 Å². The number of benzene rings is 3. The van der Waals surface area contributed by atoms with Gasteiger partial charge in [-0.15, -0.1) is 72.4 Å². The minimum atomic E-state index is -0.233. The van der Waals surface area contributed by atoms with Crippen LogP contribution in [0.2, 0.25) is 0 Å². The topological polar surface area (TPSA) is 102 Å². The molecule has 0 aromatic heterocycles. The predicted octanol–water partition coefficient (Wildman–Crippen LogP) is 1.99. The minimum Gasteiger partial charge on any atom is -1.00 e. The zero-order valence-electron chi connectivity index (χ0n) is 21.2. The summed E-state index contributed by atoms with van der Waals surface area (Å²) in [6, 6.07) is 26.2. The number of carbonyl (C=O) groups excluding carboxylic acids is 6. The molecule has 194 valence electrons. The van der Waals surface area contributed by atoms with Crippen LogP contribution >= 0.6 is 0 Å². The molecule has 0 saturated carbocycles. The number of hydrogen-bond donors (Lipinski definition) is 0. The Morgan fingerprint density at radius 3 is 0.763 bits per heavy atom. The normalized spacial score (nSPS) is 8.61. The SMILES string of the molecule is CC(=O)[CH-]C(=O)c1ccccc1.CC(=O)[CH-]C(=O)c1ccccc1.CC(=O)[CH-]C(=O)c1ccccc1.[Cl-].[Hf+4]. The van der Waals surface area contributed by atoms with Crippen molar-refractivity contribution in [3.63, 3.8) is 0 Å². The van der Waals surface area contributed by atoms with E-state index in [0.717, 1.165) is 19.3 Å². The third kappa shape index (κ3) is 16.2. The minimum absolute atomic E-state index is 0. The van der Waals surface area contributed by atoms with E-state index in [4.69, 9.17) is 0 Å². The molecule has 0 bridgehead atoms. The van der Waals surface area contributed by atoms with Crippen molar-refractivity contribution in [3.8, 4) is 0 Å². The molecule has 0 aliphatic carbocycles. The summed E-state index contributed by atoms with van der Waals surface area (Å²) in [5.74, 6) is -1.36. The van der Waals surface area contributed by atoms with E-state index in [2.05, 4.69) is 0 Å². The van der Waals surface area contributed by atoms with Crippen LogP contribution < -0.4 is 12.4 Å². The van der Waals surface area contributed by atoms with Gasteiger partial charge < -0.3 is 41.2 Å². The van der Waals surface area contributed by atoms with Crippen LogP contribution in [0.5, 0.6) is 0 Å². The van der Waals surface area contributed by atoms with Crippen molar-refractivity contribution in [2.24, 2.45) is 0 Å². The van der Waals surface area contributed by atoms with E-state index in [1.807, 2.05) is 18.2 Å². The maximum absolute atomic E-state index is 11.2. The molecule has 6 nitrogen and oxygen atoms in total. The molecule has 38 heavy (non-hydrogen) atoms. The Hall–Kier alpha value is -3.55. The Labute approximate surface area is 248 Å². The smallest absolute Gasteiger partial charge is 1.00 e. The van der Waals surface area contributed by atoms with Crippen LogP contribution in [0, 0.1) is 19.3 Å². The molecule has 0 amide bonds. The maximum Gasteiger partial charge on any atom is 4.00 e. The molecule has 0 aliphatic heterocycles. The first-order chi connectivity index (χ1) is 17.1. The quantitative estimate of drug-likeness (QED) is 0.147. The molecule has 0 unspecified atom stereocenters. The van der Waals surface area contributed by atoms with Gasteiger partial charge in [-0.25, -0.2) is 0 Å². The fourth-order valence-electron chi connectivity index (χ4n) is 2.61. The van der Waals surface area contributed by atoms with Crippen molar-refractivity contribution in [3.05, 3.63) is 127 Å². The van der Waals surface area contributed by atoms with Crippen molar-refractivity contribution in [2.45, 2.75) is 20.8 Å². The first-order valence-electron chi connectivity index (χ1n) is 10.9. The number of rotatable bonds is 9. The number of Topliss-reactive ketones (excluding diaryl/α,β-unsaturated/α-hetero) is 6. The summed E-state index contributed by atoms with van der Waals surface area (Å²) >= 11 is 0. The van der Waals surface area contributed by atoms with Gasteiger partial charge in [0.2, 0.25) is 0 Å². The summed E-state index contributed by atoms with van der Waals surface area (Å²) in [5.41, 5.74) is 1.65. The van der Waals surface area contributed by atoms with Gasteiger partial charge >= 0.3 is 25.8 Å². The van der Waals surface area contributed by atoms with E-state index < -0.39 is 0 Å². The summed E-state index contributed by atoms with van der Waals surface area (Å²) < 4.78 is 0. The predicted molar refractivity (Wildman–Crippen MR) is 137 cm³/mol. The number of ketones is 6. The second kappa shape index (κ2) is 20.5. The second-order valence-electron chi connectivity index (χ2n) is 7.46. The average Bonchev–Trinajstić information content (AvgIpc) is 2.85. The molecule has 0 saturated heterocycles. The van der Waals surface area contributed by atoms with Crippen molar-refractivity contribution in [1.82, 2.24) is 0 Å².